The first kappa shape index (κ1) is 55.1. The van der Waals surface area contributed by atoms with Crippen LogP contribution in [-0.4, -0.2) is 107 Å². The van der Waals surface area contributed by atoms with E-state index >= 15 is 0 Å². The SMILES string of the molecule is CCO[Si](O)(OCC)c1ccccc1.CCO[Si](O)(OCC)c1ccccc1.CCO[Si](O)(OCC)c1ccccc1.CCO[Si](O)(OCC)c1ccccc1.[Hf]. The molecule has 4 N–H and O–H groups in total. The molecule has 0 aromatic heterocycles. The molecular weight excluding hydrogens is 963 g/mol. The maximum Gasteiger partial charge on any atom is 0.534 e. The van der Waals surface area contributed by atoms with E-state index in [1.54, 1.807) is 0 Å². The molecule has 17 heteroatoms. The van der Waals surface area contributed by atoms with Gasteiger partial charge in [0.25, 0.3) is 0 Å². The molecule has 0 heterocycles. The largest absolute Gasteiger partial charge is 0.534 e. The Hall–Kier alpha value is -1.86. The van der Waals surface area contributed by atoms with E-state index < -0.39 is 35.2 Å². The van der Waals surface area contributed by atoms with Gasteiger partial charge < -0.3 is 54.6 Å². The van der Waals surface area contributed by atoms with E-state index in [-0.39, 0.29) is 25.8 Å². The average Bonchev–Trinajstić information content (AvgIpc) is 3.21. The van der Waals surface area contributed by atoms with Crippen LogP contribution in [0.4, 0.5) is 0 Å². The summed E-state index contributed by atoms with van der Waals surface area (Å²) in [6.45, 7) is 18.4. The molecule has 0 aliphatic heterocycles. The summed E-state index contributed by atoms with van der Waals surface area (Å²) in [6, 6.07) is 37.2. The first-order chi connectivity index (χ1) is 26.9. The van der Waals surface area contributed by atoms with Crippen LogP contribution in [0.25, 0.3) is 0 Å². The Morgan fingerprint density at radius 3 is 0.509 bits per heavy atom. The van der Waals surface area contributed by atoms with Crippen molar-refractivity contribution in [3.8, 4) is 0 Å². The topological polar surface area (TPSA) is 155 Å². The molecular formula is C40H64HfO12Si4. The molecule has 4 aromatic carbocycles. The summed E-state index contributed by atoms with van der Waals surface area (Å²) in [4.78, 5) is 40.7. The van der Waals surface area contributed by atoms with Crippen molar-refractivity contribution in [3.63, 3.8) is 0 Å². The van der Waals surface area contributed by atoms with Crippen LogP contribution >= 0.6 is 0 Å². The van der Waals surface area contributed by atoms with Gasteiger partial charge in [0.05, 0.1) is 0 Å². The summed E-state index contributed by atoms with van der Waals surface area (Å²) in [6.07, 6.45) is 0. The number of benzene rings is 4. The van der Waals surface area contributed by atoms with Gasteiger partial charge in [0, 0.05) is 99.4 Å². The number of rotatable bonds is 20. The number of hydrogen-bond donors (Lipinski definition) is 4. The molecule has 57 heavy (non-hydrogen) atoms. The standard InChI is InChI=1S/4C10H16O3Si.Hf/c4*1-3-12-14(11,13-4-2)10-8-6-5-7-9-10;/h4*5-9,11H,3-4H2,1-2H3;. The van der Waals surface area contributed by atoms with Crippen molar-refractivity contribution in [2.24, 2.45) is 0 Å². The second kappa shape index (κ2) is 31.1. The molecule has 0 radical (unpaired) electrons. The number of hydrogen-bond acceptors (Lipinski definition) is 12. The van der Waals surface area contributed by atoms with Gasteiger partial charge in [0.15, 0.2) is 0 Å². The van der Waals surface area contributed by atoms with Gasteiger partial charge in [0.2, 0.25) is 0 Å². The van der Waals surface area contributed by atoms with E-state index in [4.69, 9.17) is 35.4 Å². The Morgan fingerprint density at radius 2 is 0.404 bits per heavy atom. The Balaban J connectivity index is 0.000000729. The molecule has 0 aliphatic carbocycles. The van der Waals surface area contributed by atoms with E-state index in [1.165, 1.54) is 0 Å². The zero-order valence-electron chi connectivity index (χ0n) is 34.8. The van der Waals surface area contributed by atoms with Gasteiger partial charge in [-0.2, -0.15) is 0 Å². The van der Waals surface area contributed by atoms with E-state index in [9.17, 15) is 19.2 Å². The van der Waals surface area contributed by atoms with Crippen LogP contribution in [0.5, 0.6) is 0 Å². The molecule has 0 fully saturated rings. The summed E-state index contributed by atoms with van der Waals surface area (Å²) in [7, 11) is -12.5. The summed E-state index contributed by atoms with van der Waals surface area (Å²) < 4.78 is 42.6. The van der Waals surface area contributed by atoms with Crippen molar-refractivity contribution in [2.75, 3.05) is 52.9 Å². The molecule has 0 spiro atoms. The fourth-order valence-electron chi connectivity index (χ4n) is 4.99. The van der Waals surface area contributed by atoms with Crippen LogP contribution in [0.2, 0.25) is 0 Å². The summed E-state index contributed by atoms with van der Waals surface area (Å²) in [5.41, 5.74) is 0. The molecule has 0 aliphatic rings. The third kappa shape index (κ3) is 19.8. The van der Waals surface area contributed by atoms with Crippen molar-refractivity contribution in [1.82, 2.24) is 0 Å². The van der Waals surface area contributed by atoms with Gasteiger partial charge in [-0.15, -0.1) is 0 Å². The predicted octanol–water partition coefficient (Wildman–Crippen LogP) is 3.59. The van der Waals surface area contributed by atoms with E-state index in [0.29, 0.717) is 52.9 Å². The normalized spacial score (nSPS) is 11.4. The average molecular weight is 1030 g/mol. The van der Waals surface area contributed by atoms with Crippen LogP contribution in [0.3, 0.4) is 0 Å². The molecule has 4 aromatic rings. The minimum atomic E-state index is -3.13. The molecule has 0 saturated carbocycles. The van der Waals surface area contributed by atoms with Crippen molar-refractivity contribution in [3.05, 3.63) is 121 Å². The van der Waals surface area contributed by atoms with Gasteiger partial charge in [-0.25, -0.2) is 0 Å². The van der Waals surface area contributed by atoms with Gasteiger partial charge >= 0.3 is 35.2 Å². The second-order valence-electron chi connectivity index (χ2n) is 11.3. The molecule has 12 nitrogen and oxygen atoms in total. The van der Waals surface area contributed by atoms with E-state index in [1.807, 2.05) is 177 Å². The van der Waals surface area contributed by atoms with Crippen LogP contribution in [0.15, 0.2) is 121 Å². The maximum absolute atomic E-state index is 10.2. The maximum atomic E-state index is 10.2. The minimum absolute atomic E-state index is 0. The summed E-state index contributed by atoms with van der Waals surface area (Å²) in [5, 5.41) is 3.01. The van der Waals surface area contributed by atoms with Gasteiger partial charge in [-0.3, -0.25) is 0 Å². The van der Waals surface area contributed by atoms with Crippen LogP contribution in [-0.2, 0) is 61.3 Å². The van der Waals surface area contributed by atoms with Crippen molar-refractivity contribution >= 4 is 56.0 Å². The first-order valence-corrected chi connectivity index (χ1v) is 26.2. The van der Waals surface area contributed by atoms with Crippen molar-refractivity contribution in [2.45, 2.75) is 55.4 Å². The molecule has 0 amide bonds. The fraction of sp³-hybridized carbons (Fsp3) is 0.400. The Bertz CT molecular complexity index is 1270. The smallest absolute Gasteiger partial charge is 0.386 e. The molecule has 0 unspecified atom stereocenters. The van der Waals surface area contributed by atoms with Crippen LogP contribution < -0.4 is 20.7 Å². The molecule has 316 valence electrons. The first-order valence-electron chi connectivity index (χ1n) is 19.1. The predicted molar refractivity (Wildman–Crippen MR) is 229 cm³/mol. The van der Waals surface area contributed by atoms with Gasteiger partial charge in [-0.05, 0) is 55.4 Å². The molecule has 0 atom stereocenters. The Morgan fingerprint density at radius 1 is 0.281 bits per heavy atom. The van der Waals surface area contributed by atoms with E-state index in [2.05, 4.69) is 0 Å². The monoisotopic (exact) mass is 1030 g/mol. The van der Waals surface area contributed by atoms with Gasteiger partial charge in [0.1, 0.15) is 0 Å². The third-order valence-electron chi connectivity index (χ3n) is 7.27. The van der Waals surface area contributed by atoms with Crippen molar-refractivity contribution in [1.29, 1.82) is 0 Å². The minimum Gasteiger partial charge on any atom is -0.386 e. The van der Waals surface area contributed by atoms with Gasteiger partial charge in [-0.1, -0.05) is 121 Å². The Labute approximate surface area is 363 Å². The second-order valence-corrected chi connectivity index (χ2v) is 20.5. The third-order valence-corrected chi connectivity index (χ3v) is 17.0. The Kier molecular flexibility index (Phi) is 30.1. The molecule has 4 rings (SSSR count). The summed E-state index contributed by atoms with van der Waals surface area (Å²) in [5.74, 6) is 0. The molecule has 0 saturated heterocycles. The fourth-order valence-corrected chi connectivity index (χ4v) is 12.2. The van der Waals surface area contributed by atoms with Crippen molar-refractivity contribution < 1.29 is 80.4 Å². The van der Waals surface area contributed by atoms with E-state index in [0.717, 1.165) is 20.7 Å². The summed E-state index contributed by atoms with van der Waals surface area (Å²) >= 11 is 0. The zero-order chi connectivity index (χ0) is 41.8. The quantitative estimate of drug-likeness (QED) is 0.0958. The van der Waals surface area contributed by atoms with Crippen LogP contribution in [0.1, 0.15) is 55.4 Å². The molecule has 0 bridgehead atoms. The van der Waals surface area contributed by atoms with Crippen LogP contribution in [0, 0.1) is 0 Å². The zero-order valence-corrected chi connectivity index (χ0v) is 42.4.